The molecule has 0 bridgehead atoms. The van der Waals surface area contributed by atoms with Crippen molar-refractivity contribution >= 4 is 11.7 Å². The Labute approximate surface area is 159 Å². The van der Waals surface area contributed by atoms with Gasteiger partial charge in [-0.05, 0) is 42.7 Å². The fraction of sp³-hybridized carbons (Fsp3) is 0.381. The molecule has 1 aliphatic rings. The molecule has 1 aliphatic heterocycles. The first-order valence-corrected chi connectivity index (χ1v) is 9.34. The van der Waals surface area contributed by atoms with Gasteiger partial charge in [-0.15, -0.1) is 0 Å². The third-order valence-corrected chi connectivity index (χ3v) is 4.75. The van der Waals surface area contributed by atoms with Gasteiger partial charge in [0.05, 0.1) is 19.3 Å². The van der Waals surface area contributed by atoms with E-state index in [9.17, 15) is 9.18 Å². The standard InChI is InChI=1S/C21H26FN3O2/c1-16(17-6-8-19(9-7-17)25-12-14-27-15-13-25)24-21(26)23-11-10-18-4-2-3-5-20(18)22/h2-9,16H,10-15H2,1H3,(H2,23,24,26). The van der Waals surface area contributed by atoms with Crippen LogP contribution in [-0.4, -0.2) is 38.9 Å². The minimum atomic E-state index is -0.254. The van der Waals surface area contributed by atoms with E-state index >= 15 is 0 Å². The van der Waals surface area contributed by atoms with Crippen molar-refractivity contribution in [3.8, 4) is 0 Å². The van der Waals surface area contributed by atoms with E-state index < -0.39 is 0 Å². The van der Waals surface area contributed by atoms with Crippen molar-refractivity contribution in [2.75, 3.05) is 37.7 Å². The van der Waals surface area contributed by atoms with Crippen LogP contribution < -0.4 is 15.5 Å². The molecule has 144 valence electrons. The van der Waals surface area contributed by atoms with Gasteiger partial charge in [-0.3, -0.25) is 0 Å². The number of carbonyl (C=O) groups excluding carboxylic acids is 1. The molecule has 27 heavy (non-hydrogen) atoms. The number of nitrogens with zero attached hydrogens (tertiary/aromatic N) is 1. The van der Waals surface area contributed by atoms with E-state index in [1.807, 2.05) is 19.1 Å². The summed E-state index contributed by atoms with van der Waals surface area (Å²) in [6, 6.07) is 14.5. The second-order valence-corrected chi connectivity index (χ2v) is 6.65. The number of hydrogen-bond donors (Lipinski definition) is 2. The summed E-state index contributed by atoms with van der Waals surface area (Å²) < 4.78 is 19.0. The third kappa shape index (κ3) is 5.44. The van der Waals surface area contributed by atoms with Gasteiger partial charge in [-0.25, -0.2) is 9.18 Å². The minimum absolute atomic E-state index is 0.114. The van der Waals surface area contributed by atoms with Crippen LogP contribution in [0.25, 0.3) is 0 Å². The molecule has 0 saturated carbocycles. The molecular formula is C21H26FN3O2. The minimum Gasteiger partial charge on any atom is -0.378 e. The molecule has 0 radical (unpaired) electrons. The fourth-order valence-corrected chi connectivity index (χ4v) is 3.14. The molecule has 0 spiro atoms. The summed E-state index contributed by atoms with van der Waals surface area (Å²) in [6.45, 7) is 5.64. The van der Waals surface area contributed by atoms with Crippen molar-refractivity contribution in [3.63, 3.8) is 0 Å². The Morgan fingerprint density at radius 1 is 1.15 bits per heavy atom. The summed E-state index contributed by atoms with van der Waals surface area (Å²) in [5, 5.41) is 5.70. The molecule has 0 aromatic heterocycles. The van der Waals surface area contributed by atoms with Crippen LogP contribution in [0.4, 0.5) is 14.9 Å². The van der Waals surface area contributed by atoms with E-state index in [-0.39, 0.29) is 17.9 Å². The van der Waals surface area contributed by atoms with Crippen LogP contribution in [0, 0.1) is 5.82 Å². The Hall–Kier alpha value is -2.60. The molecule has 1 atom stereocenters. The maximum atomic E-state index is 13.6. The smallest absolute Gasteiger partial charge is 0.315 e. The number of anilines is 1. The number of halogens is 1. The molecule has 2 aromatic rings. The maximum Gasteiger partial charge on any atom is 0.315 e. The predicted molar refractivity (Wildman–Crippen MR) is 105 cm³/mol. The third-order valence-electron chi connectivity index (χ3n) is 4.75. The largest absolute Gasteiger partial charge is 0.378 e. The number of nitrogens with one attached hydrogen (secondary N) is 2. The SMILES string of the molecule is CC(NC(=O)NCCc1ccccc1F)c1ccc(N2CCOCC2)cc1. The van der Waals surface area contributed by atoms with Gasteiger partial charge in [0.2, 0.25) is 0 Å². The molecule has 2 aromatic carbocycles. The van der Waals surface area contributed by atoms with Crippen molar-refractivity contribution in [3.05, 3.63) is 65.5 Å². The highest BCUT2D eigenvalue weighted by atomic mass is 19.1. The van der Waals surface area contributed by atoms with Gasteiger partial charge in [0.1, 0.15) is 5.82 Å². The van der Waals surface area contributed by atoms with Crippen molar-refractivity contribution < 1.29 is 13.9 Å². The average molecular weight is 371 g/mol. The zero-order valence-electron chi connectivity index (χ0n) is 15.6. The second-order valence-electron chi connectivity index (χ2n) is 6.65. The molecule has 2 amide bonds. The first kappa shape index (κ1) is 19.2. The highest BCUT2D eigenvalue weighted by molar-refractivity contribution is 5.74. The van der Waals surface area contributed by atoms with Crippen LogP contribution in [0.1, 0.15) is 24.1 Å². The molecule has 1 heterocycles. The van der Waals surface area contributed by atoms with Crippen molar-refractivity contribution in [2.45, 2.75) is 19.4 Å². The molecule has 5 nitrogen and oxygen atoms in total. The number of urea groups is 1. The Kier molecular flexibility index (Phi) is 6.65. The Morgan fingerprint density at radius 3 is 2.56 bits per heavy atom. The average Bonchev–Trinajstić information content (AvgIpc) is 2.70. The van der Waals surface area contributed by atoms with E-state index in [4.69, 9.17) is 4.74 Å². The van der Waals surface area contributed by atoms with E-state index in [0.29, 0.717) is 18.5 Å². The first-order chi connectivity index (χ1) is 13.1. The lowest BCUT2D eigenvalue weighted by Gasteiger charge is -2.29. The number of ether oxygens (including phenoxy) is 1. The van der Waals surface area contributed by atoms with Gasteiger partial charge < -0.3 is 20.3 Å². The lowest BCUT2D eigenvalue weighted by atomic mass is 10.1. The van der Waals surface area contributed by atoms with Crippen LogP contribution in [-0.2, 0) is 11.2 Å². The summed E-state index contributed by atoms with van der Waals surface area (Å²) in [7, 11) is 0. The predicted octanol–water partition coefficient (Wildman–Crippen LogP) is 3.27. The van der Waals surface area contributed by atoms with Crippen LogP contribution in [0.5, 0.6) is 0 Å². The molecule has 1 fully saturated rings. The van der Waals surface area contributed by atoms with Gasteiger partial charge >= 0.3 is 6.03 Å². The number of rotatable bonds is 6. The molecule has 1 unspecified atom stereocenters. The quantitative estimate of drug-likeness (QED) is 0.820. The lowest BCUT2D eigenvalue weighted by molar-refractivity contribution is 0.122. The lowest BCUT2D eigenvalue weighted by Crippen LogP contribution is -2.38. The molecule has 3 rings (SSSR count). The Morgan fingerprint density at radius 2 is 1.85 bits per heavy atom. The molecule has 6 heteroatoms. The van der Waals surface area contributed by atoms with Gasteiger partial charge in [0.15, 0.2) is 0 Å². The van der Waals surface area contributed by atoms with Gasteiger partial charge in [-0.1, -0.05) is 30.3 Å². The first-order valence-electron chi connectivity index (χ1n) is 9.34. The van der Waals surface area contributed by atoms with Gasteiger partial charge in [-0.2, -0.15) is 0 Å². The summed E-state index contributed by atoms with van der Waals surface area (Å²) in [6.07, 6.45) is 0.461. The van der Waals surface area contributed by atoms with Crippen LogP contribution in [0.2, 0.25) is 0 Å². The Balaban J connectivity index is 1.45. The highest BCUT2D eigenvalue weighted by Gasteiger charge is 2.13. The van der Waals surface area contributed by atoms with Crippen LogP contribution in [0.15, 0.2) is 48.5 Å². The normalized spacial score (nSPS) is 15.3. The Bertz CT molecular complexity index is 745. The summed E-state index contributed by atoms with van der Waals surface area (Å²) in [5.41, 5.74) is 2.81. The zero-order chi connectivity index (χ0) is 19.1. The number of morpholine rings is 1. The monoisotopic (exact) mass is 371 g/mol. The summed E-state index contributed by atoms with van der Waals surface area (Å²) in [4.78, 5) is 14.4. The number of carbonyl (C=O) groups is 1. The number of amides is 2. The summed E-state index contributed by atoms with van der Waals surface area (Å²) in [5.74, 6) is -0.242. The second kappa shape index (κ2) is 9.37. The van der Waals surface area contributed by atoms with Crippen molar-refractivity contribution in [1.82, 2.24) is 10.6 Å². The fourth-order valence-electron chi connectivity index (χ4n) is 3.14. The van der Waals surface area contributed by atoms with Crippen LogP contribution >= 0.6 is 0 Å². The van der Waals surface area contributed by atoms with Crippen molar-refractivity contribution in [2.24, 2.45) is 0 Å². The molecular weight excluding hydrogens is 345 g/mol. The van der Waals surface area contributed by atoms with Gasteiger partial charge in [0, 0.05) is 25.3 Å². The van der Waals surface area contributed by atoms with E-state index in [1.165, 1.54) is 11.8 Å². The van der Waals surface area contributed by atoms with E-state index in [2.05, 4.69) is 27.7 Å². The molecule has 2 N–H and O–H groups in total. The summed E-state index contributed by atoms with van der Waals surface area (Å²) >= 11 is 0. The molecule has 0 aliphatic carbocycles. The zero-order valence-corrected chi connectivity index (χ0v) is 15.6. The van der Waals surface area contributed by atoms with Gasteiger partial charge in [0.25, 0.3) is 0 Å². The highest BCUT2D eigenvalue weighted by Crippen LogP contribution is 2.20. The van der Waals surface area contributed by atoms with E-state index in [1.54, 1.807) is 18.2 Å². The van der Waals surface area contributed by atoms with E-state index in [0.717, 1.165) is 31.9 Å². The topological polar surface area (TPSA) is 53.6 Å². The number of benzene rings is 2. The van der Waals surface area contributed by atoms with Crippen LogP contribution in [0.3, 0.4) is 0 Å². The maximum absolute atomic E-state index is 13.6. The number of hydrogen-bond acceptors (Lipinski definition) is 3. The molecule has 1 saturated heterocycles. The van der Waals surface area contributed by atoms with Crippen molar-refractivity contribution in [1.29, 1.82) is 0 Å².